The molecule has 2 heterocycles. The van der Waals surface area contributed by atoms with Crippen molar-refractivity contribution in [1.82, 2.24) is 10.3 Å². The van der Waals surface area contributed by atoms with Gasteiger partial charge in [-0.25, -0.2) is 13.8 Å². The fraction of sp³-hybridized carbons (Fsp3) is 0.538. The van der Waals surface area contributed by atoms with Crippen molar-refractivity contribution in [1.29, 1.82) is 0 Å². The molecular formula is C13H17ClF2N4O. The molecule has 2 aliphatic rings. The van der Waals surface area contributed by atoms with E-state index in [2.05, 4.69) is 20.5 Å². The lowest BCUT2D eigenvalue weighted by Gasteiger charge is -2.29. The second kappa shape index (κ2) is 6.11. The van der Waals surface area contributed by atoms with Gasteiger partial charge in [0.15, 0.2) is 0 Å². The zero-order valence-electron chi connectivity index (χ0n) is 11.3. The molecule has 1 amide bonds. The van der Waals surface area contributed by atoms with Crippen molar-refractivity contribution in [2.75, 3.05) is 36.4 Å². The minimum absolute atomic E-state index is 0. The molecule has 1 aromatic heterocycles. The number of rotatable bonds is 3. The second-order valence-electron chi connectivity index (χ2n) is 5.15. The van der Waals surface area contributed by atoms with E-state index in [4.69, 9.17) is 0 Å². The Labute approximate surface area is 127 Å². The first kappa shape index (κ1) is 15.9. The van der Waals surface area contributed by atoms with Gasteiger partial charge in [-0.05, 0) is 12.1 Å². The number of piperazine rings is 1. The average molecular weight is 319 g/mol. The summed E-state index contributed by atoms with van der Waals surface area (Å²) in [6.07, 6.45) is 1.30. The molecule has 3 rings (SSSR count). The summed E-state index contributed by atoms with van der Waals surface area (Å²) in [5, 5.41) is 5.69. The SMILES string of the molecule is Cl.O=C(Nc1ccc(N2CCNCC2)cn1)C1CC1(F)F. The maximum Gasteiger partial charge on any atom is 0.260 e. The Hall–Kier alpha value is -1.47. The number of carbonyl (C=O) groups is 1. The van der Waals surface area contributed by atoms with Crippen LogP contribution >= 0.6 is 12.4 Å². The quantitative estimate of drug-likeness (QED) is 0.887. The van der Waals surface area contributed by atoms with Gasteiger partial charge in [0.1, 0.15) is 11.7 Å². The Kier molecular flexibility index (Phi) is 4.63. The van der Waals surface area contributed by atoms with Crippen molar-refractivity contribution in [3.8, 4) is 0 Å². The lowest BCUT2D eigenvalue weighted by Crippen LogP contribution is -2.43. The number of carbonyl (C=O) groups excluding carboxylic acids is 1. The monoisotopic (exact) mass is 318 g/mol. The number of aromatic nitrogens is 1. The van der Waals surface area contributed by atoms with Crippen molar-refractivity contribution in [2.45, 2.75) is 12.3 Å². The Balaban J connectivity index is 0.00000161. The van der Waals surface area contributed by atoms with Gasteiger partial charge in [-0.1, -0.05) is 0 Å². The van der Waals surface area contributed by atoms with Crippen molar-refractivity contribution in [2.24, 2.45) is 5.92 Å². The predicted molar refractivity (Wildman–Crippen MR) is 78.3 cm³/mol. The number of hydrogen-bond acceptors (Lipinski definition) is 4. The summed E-state index contributed by atoms with van der Waals surface area (Å²) in [5.74, 6) is -4.38. The number of amides is 1. The number of alkyl halides is 2. The molecule has 1 aromatic rings. The summed E-state index contributed by atoms with van der Waals surface area (Å²) < 4.78 is 25.5. The largest absolute Gasteiger partial charge is 0.368 e. The molecule has 2 N–H and O–H groups in total. The van der Waals surface area contributed by atoms with Crippen LogP contribution in [-0.4, -0.2) is 43.0 Å². The van der Waals surface area contributed by atoms with Gasteiger partial charge in [0.25, 0.3) is 5.92 Å². The van der Waals surface area contributed by atoms with Crippen LogP contribution < -0.4 is 15.5 Å². The molecule has 0 spiro atoms. The fourth-order valence-electron chi connectivity index (χ4n) is 2.28. The Bertz CT molecular complexity index is 505. The minimum atomic E-state index is -2.84. The molecule has 1 aliphatic carbocycles. The van der Waals surface area contributed by atoms with Gasteiger partial charge in [0, 0.05) is 32.6 Å². The van der Waals surface area contributed by atoms with Gasteiger partial charge >= 0.3 is 0 Å². The zero-order valence-corrected chi connectivity index (χ0v) is 12.1. The normalized spacial score (nSPS) is 23.1. The predicted octanol–water partition coefficient (Wildman–Crippen LogP) is 1.51. The zero-order chi connectivity index (χ0) is 14.2. The van der Waals surface area contributed by atoms with E-state index >= 15 is 0 Å². The van der Waals surface area contributed by atoms with Gasteiger partial charge < -0.3 is 15.5 Å². The molecule has 2 fully saturated rings. The van der Waals surface area contributed by atoms with Crippen LogP contribution in [0, 0.1) is 5.92 Å². The molecule has 21 heavy (non-hydrogen) atoms. The van der Waals surface area contributed by atoms with Crippen LogP contribution in [-0.2, 0) is 4.79 Å². The van der Waals surface area contributed by atoms with Crippen LogP contribution in [0.3, 0.4) is 0 Å². The summed E-state index contributed by atoms with van der Waals surface area (Å²) in [4.78, 5) is 17.8. The first-order valence-electron chi connectivity index (χ1n) is 6.67. The number of hydrogen-bond donors (Lipinski definition) is 2. The van der Waals surface area contributed by atoms with E-state index in [1.165, 1.54) is 0 Å². The third-order valence-electron chi connectivity index (χ3n) is 3.62. The van der Waals surface area contributed by atoms with E-state index in [0.717, 1.165) is 31.9 Å². The molecule has 1 saturated carbocycles. The third-order valence-corrected chi connectivity index (χ3v) is 3.62. The van der Waals surface area contributed by atoms with Gasteiger partial charge in [-0.2, -0.15) is 0 Å². The summed E-state index contributed by atoms with van der Waals surface area (Å²) in [7, 11) is 0. The van der Waals surface area contributed by atoms with Gasteiger partial charge in [-0.3, -0.25) is 4.79 Å². The van der Waals surface area contributed by atoms with Gasteiger partial charge in [0.05, 0.1) is 11.9 Å². The third kappa shape index (κ3) is 3.59. The lowest BCUT2D eigenvalue weighted by atomic mass is 10.3. The first-order chi connectivity index (χ1) is 9.56. The first-order valence-corrected chi connectivity index (χ1v) is 6.67. The van der Waals surface area contributed by atoms with Crippen LogP contribution in [0.4, 0.5) is 20.3 Å². The number of pyridine rings is 1. The molecule has 116 valence electrons. The van der Waals surface area contributed by atoms with Crippen LogP contribution in [0.15, 0.2) is 18.3 Å². The van der Waals surface area contributed by atoms with Crippen LogP contribution in [0.2, 0.25) is 0 Å². The van der Waals surface area contributed by atoms with Gasteiger partial charge in [-0.15, -0.1) is 12.4 Å². The molecule has 5 nitrogen and oxygen atoms in total. The Morgan fingerprint density at radius 1 is 1.38 bits per heavy atom. The summed E-state index contributed by atoms with van der Waals surface area (Å²) in [6.45, 7) is 3.66. The Morgan fingerprint density at radius 2 is 2.05 bits per heavy atom. The summed E-state index contributed by atoms with van der Waals surface area (Å²) in [5.41, 5.74) is 0.973. The topological polar surface area (TPSA) is 57.3 Å². The molecule has 0 radical (unpaired) electrons. The number of halogens is 3. The number of anilines is 2. The molecule has 0 bridgehead atoms. The van der Waals surface area contributed by atoms with E-state index in [1.807, 2.05) is 6.07 Å². The van der Waals surface area contributed by atoms with Crippen LogP contribution in [0.1, 0.15) is 6.42 Å². The van der Waals surface area contributed by atoms with Crippen molar-refractivity contribution >= 4 is 29.8 Å². The highest BCUT2D eigenvalue weighted by Crippen LogP contribution is 2.48. The van der Waals surface area contributed by atoms with Crippen molar-refractivity contribution in [3.63, 3.8) is 0 Å². The highest BCUT2D eigenvalue weighted by molar-refractivity contribution is 5.94. The summed E-state index contributed by atoms with van der Waals surface area (Å²) >= 11 is 0. The minimum Gasteiger partial charge on any atom is -0.368 e. The molecule has 1 saturated heterocycles. The molecule has 1 atom stereocenters. The van der Waals surface area contributed by atoms with E-state index in [0.29, 0.717) is 5.82 Å². The van der Waals surface area contributed by atoms with E-state index in [-0.39, 0.29) is 18.8 Å². The van der Waals surface area contributed by atoms with Crippen molar-refractivity contribution in [3.05, 3.63) is 18.3 Å². The summed E-state index contributed by atoms with van der Waals surface area (Å²) in [6, 6.07) is 3.49. The lowest BCUT2D eigenvalue weighted by molar-refractivity contribution is -0.119. The average Bonchev–Trinajstić information content (AvgIpc) is 3.10. The molecule has 8 heteroatoms. The maximum atomic E-state index is 12.8. The standard InChI is InChI=1S/C13H16F2N4O.ClH/c14-13(15)7-10(13)12(20)18-11-2-1-9(8-17-11)19-5-3-16-4-6-19;/h1-2,8,10,16H,3-7H2,(H,17,18,20);1H. The smallest absolute Gasteiger partial charge is 0.260 e. The second-order valence-corrected chi connectivity index (χ2v) is 5.15. The highest BCUT2D eigenvalue weighted by atomic mass is 35.5. The maximum absolute atomic E-state index is 12.8. The van der Waals surface area contributed by atoms with Gasteiger partial charge in [0.2, 0.25) is 5.91 Å². The number of nitrogens with one attached hydrogen (secondary N) is 2. The molecular weight excluding hydrogens is 302 g/mol. The van der Waals surface area contributed by atoms with Crippen LogP contribution in [0.25, 0.3) is 0 Å². The molecule has 0 aromatic carbocycles. The highest BCUT2D eigenvalue weighted by Gasteiger charge is 2.61. The Morgan fingerprint density at radius 3 is 2.57 bits per heavy atom. The fourth-order valence-corrected chi connectivity index (χ4v) is 2.28. The van der Waals surface area contributed by atoms with E-state index in [9.17, 15) is 13.6 Å². The molecule has 1 aliphatic heterocycles. The van der Waals surface area contributed by atoms with Crippen molar-refractivity contribution < 1.29 is 13.6 Å². The molecule has 1 unspecified atom stereocenters. The van der Waals surface area contributed by atoms with E-state index in [1.54, 1.807) is 12.3 Å². The number of nitrogens with zero attached hydrogens (tertiary/aromatic N) is 2. The van der Waals surface area contributed by atoms with E-state index < -0.39 is 17.7 Å². The van der Waals surface area contributed by atoms with Crippen LogP contribution in [0.5, 0.6) is 0 Å².